The smallest absolute Gasteiger partial charge is 0.338 e. The number of hydrogen-bond acceptors (Lipinski definition) is 6. The van der Waals surface area contributed by atoms with Gasteiger partial charge in [-0.05, 0) is 31.2 Å². The summed E-state index contributed by atoms with van der Waals surface area (Å²) in [5, 5.41) is 5.57. The molecule has 3 amide bonds. The van der Waals surface area contributed by atoms with Crippen molar-refractivity contribution >= 4 is 29.4 Å². The lowest BCUT2D eigenvalue weighted by molar-refractivity contribution is -0.122. The van der Waals surface area contributed by atoms with Gasteiger partial charge in [-0.25, -0.2) is 9.69 Å². The minimum atomic E-state index is -0.619. The average molecular weight is 347 g/mol. The van der Waals surface area contributed by atoms with Crippen LogP contribution in [0.1, 0.15) is 30.6 Å². The van der Waals surface area contributed by atoms with E-state index in [0.29, 0.717) is 24.3 Å². The number of esters is 1. The number of amides is 3. The van der Waals surface area contributed by atoms with Gasteiger partial charge < -0.3 is 15.4 Å². The summed E-state index contributed by atoms with van der Waals surface area (Å²) in [6, 6.07) is 5.51. The van der Waals surface area contributed by atoms with Crippen molar-refractivity contribution in [2.75, 3.05) is 24.6 Å². The zero-order chi connectivity index (χ0) is 18.4. The van der Waals surface area contributed by atoms with Crippen LogP contribution >= 0.6 is 0 Å². The van der Waals surface area contributed by atoms with Crippen LogP contribution in [0.4, 0.5) is 5.69 Å². The van der Waals surface area contributed by atoms with Gasteiger partial charge in [0, 0.05) is 20.0 Å². The minimum absolute atomic E-state index is 0.0541. The second-order valence-electron chi connectivity index (χ2n) is 5.53. The summed E-state index contributed by atoms with van der Waals surface area (Å²) in [6.45, 7) is 4.16. The maximum atomic E-state index is 12.4. The number of anilines is 1. The highest BCUT2D eigenvalue weighted by Gasteiger charge is 2.39. The minimum Gasteiger partial charge on any atom is -0.462 e. The molecule has 0 aromatic heterocycles. The molecule has 134 valence electrons. The molecule has 1 saturated heterocycles. The van der Waals surface area contributed by atoms with Crippen LogP contribution in [0.2, 0.25) is 0 Å². The molecule has 1 aromatic carbocycles. The highest BCUT2D eigenvalue weighted by molar-refractivity contribution is 6.22. The summed E-state index contributed by atoms with van der Waals surface area (Å²) in [5.74, 6) is -1.27. The SMILES string of the molecule is CCOC(=O)c1ccc(N2C(=O)C[C@H](NCCNC(C)=O)C2=O)cc1. The van der Waals surface area contributed by atoms with Crippen molar-refractivity contribution in [3.8, 4) is 0 Å². The molecule has 8 heteroatoms. The second-order valence-corrected chi connectivity index (χ2v) is 5.53. The Morgan fingerprint density at radius 3 is 2.48 bits per heavy atom. The standard InChI is InChI=1S/C17H21N3O5/c1-3-25-17(24)12-4-6-13(7-5-12)20-15(22)10-14(16(20)23)19-9-8-18-11(2)21/h4-7,14,19H,3,8-10H2,1-2H3,(H,18,21)/t14-/m0/s1. The Morgan fingerprint density at radius 2 is 1.88 bits per heavy atom. The summed E-state index contributed by atoms with van der Waals surface area (Å²) in [7, 11) is 0. The number of nitrogens with one attached hydrogen (secondary N) is 2. The summed E-state index contributed by atoms with van der Waals surface area (Å²) in [6.07, 6.45) is 0.0541. The molecule has 2 N–H and O–H groups in total. The van der Waals surface area contributed by atoms with Crippen molar-refractivity contribution < 1.29 is 23.9 Å². The Labute approximate surface area is 145 Å². The van der Waals surface area contributed by atoms with E-state index in [-0.39, 0.29) is 30.7 Å². The average Bonchev–Trinajstić information content (AvgIpc) is 2.86. The maximum absolute atomic E-state index is 12.4. The molecule has 0 bridgehead atoms. The first-order valence-electron chi connectivity index (χ1n) is 8.05. The molecule has 0 radical (unpaired) electrons. The van der Waals surface area contributed by atoms with Crippen molar-refractivity contribution in [2.24, 2.45) is 0 Å². The van der Waals surface area contributed by atoms with Gasteiger partial charge in [-0.15, -0.1) is 0 Å². The monoisotopic (exact) mass is 347 g/mol. The number of carbonyl (C=O) groups excluding carboxylic acids is 4. The first-order chi connectivity index (χ1) is 11.9. The van der Waals surface area contributed by atoms with Gasteiger partial charge in [0.15, 0.2) is 0 Å². The summed E-state index contributed by atoms with van der Waals surface area (Å²) in [5.41, 5.74) is 0.767. The fourth-order valence-corrected chi connectivity index (χ4v) is 2.51. The highest BCUT2D eigenvalue weighted by atomic mass is 16.5. The number of benzene rings is 1. The zero-order valence-electron chi connectivity index (χ0n) is 14.2. The first-order valence-corrected chi connectivity index (χ1v) is 8.05. The van der Waals surface area contributed by atoms with Crippen LogP contribution < -0.4 is 15.5 Å². The fraction of sp³-hybridized carbons (Fsp3) is 0.412. The van der Waals surface area contributed by atoms with Gasteiger partial charge in [0.25, 0.3) is 5.91 Å². The Hall–Kier alpha value is -2.74. The van der Waals surface area contributed by atoms with Crippen LogP contribution in [-0.2, 0) is 19.1 Å². The molecule has 0 spiro atoms. The van der Waals surface area contributed by atoms with E-state index < -0.39 is 12.0 Å². The predicted octanol–water partition coefficient (Wildman–Crippen LogP) is 0.221. The van der Waals surface area contributed by atoms with Gasteiger partial charge in [0.05, 0.1) is 30.3 Å². The Kier molecular flexibility index (Phi) is 6.24. The molecule has 2 rings (SSSR count). The van der Waals surface area contributed by atoms with Gasteiger partial charge in [0.2, 0.25) is 11.8 Å². The predicted molar refractivity (Wildman–Crippen MR) is 90.0 cm³/mol. The van der Waals surface area contributed by atoms with E-state index in [4.69, 9.17) is 4.74 Å². The summed E-state index contributed by atoms with van der Waals surface area (Å²) < 4.78 is 4.90. The molecule has 25 heavy (non-hydrogen) atoms. The van der Waals surface area contributed by atoms with Crippen molar-refractivity contribution in [1.29, 1.82) is 0 Å². The number of hydrogen-bond donors (Lipinski definition) is 2. The molecular formula is C17H21N3O5. The van der Waals surface area contributed by atoms with E-state index >= 15 is 0 Å². The van der Waals surface area contributed by atoms with Crippen LogP contribution in [0.5, 0.6) is 0 Å². The molecule has 0 aliphatic carbocycles. The third-order valence-corrected chi connectivity index (χ3v) is 3.67. The quantitative estimate of drug-likeness (QED) is 0.415. The molecule has 1 atom stereocenters. The number of imide groups is 1. The van der Waals surface area contributed by atoms with Crippen LogP contribution in [0.3, 0.4) is 0 Å². The molecule has 0 unspecified atom stereocenters. The maximum Gasteiger partial charge on any atom is 0.338 e. The number of carbonyl (C=O) groups is 4. The molecule has 1 fully saturated rings. The normalized spacial score (nSPS) is 16.9. The van der Waals surface area contributed by atoms with Gasteiger partial charge in [-0.1, -0.05) is 0 Å². The van der Waals surface area contributed by atoms with Crippen LogP contribution in [0, 0.1) is 0 Å². The highest BCUT2D eigenvalue weighted by Crippen LogP contribution is 2.23. The zero-order valence-corrected chi connectivity index (χ0v) is 14.2. The topological polar surface area (TPSA) is 105 Å². The second kappa shape index (κ2) is 8.39. The lowest BCUT2D eigenvalue weighted by atomic mass is 10.2. The van der Waals surface area contributed by atoms with Crippen molar-refractivity contribution in [2.45, 2.75) is 26.3 Å². The van der Waals surface area contributed by atoms with Crippen LogP contribution in [-0.4, -0.2) is 49.4 Å². The summed E-state index contributed by atoms with van der Waals surface area (Å²) in [4.78, 5) is 48.1. The fourth-order valence-electron chi connectivity index (χ4n) is 2.51. The van der Waals surface area contributed by atoms with E-state index in [9.17, 15) is 19.2 Å². The Morgan fingerprint density at radius 1 is 1.20 bits per heavy atom. The molecule has 1 aromatic rings. The van der Waals surface area contributed by atoms with Gasteiger partial charge in [0.1, 0.15) is 0 Å². The Bertz CT molecular complexity index is 671. The van der Waals surface area contributed by atoms with Crippen LogP contribution in [0.25, 0.3) is 0 Å². The van der Waals surface area contributed by atoms with Gasteiger partial charge in [-0.3, -0.25) is 14.4 Å². The van der Waals surface area contributed by atoms with Crippen molar-refractivity contribution in [3.05, 3.63) is 29.8 Å². The molecule has 8 nitrogen and oxygen atoms in total. The largest absolute Gasteiger partial charge is 0.462 e. The summed E-state index contributed by atoms with van der Waals surface area (Å²) >= 11 is 0. The molecule has 0 saturated carbocycles. The van der Waals surface area contributed by atoms with Crippen molar-refractivity contribution in [1.82, 2.24) is 10.6 Å². The van der Waals surface area contributed by atoms with Gasteiger partial charge >= 0.3 is 5.97 Å². The van der Waals surface area contributed by atoms with E-state index in [1.165, 1.54) is 19.1 Å². The van der Waals surface area contributed by atoms with E-state index in [1.807, 2.05) is 0 Å². The Balaban J connectivity index is 1.99. The van der Waals surface area contributed by atoms with E-state index in [2.05, 4.69) is 10.6 Å². The van der Waals surface area contributed by atoms with E-state index in [1.54, 1.807) is 19.1 Å². The van der Waals surface area contributed by atoms with Crippen molar-refractivity contribution in [3.63, 3.8) is 0 Å². The molecule has 1 heterocycles. The number of ether oxygens (including phenoxy) is 1. The van der Waals surface area contributed by atoms with E-state index in [0.717, 1.165) is 4.90 Å². The lowest BCUT2D eigenvalue weighted by Crippen LogP contribution is -2.41. The first kappa shape index (κ1) is 18.6. The van der Waals surface area contributed by atoms with Crippen LogP contribution in [0.15, 0.2) is 24.3 Å². The lowest BCUT2D eigenvalue weighted by Gasteiger charge is -2.16. The third kappa shape index (κ3) is 4.63. The third-order valence-electron chi connectivity index (χ3n) is 3.67. The molecular weight excluding hydrogens is 326 g/mol. The molecule has 1 aliphatic rings. The number of rotatable bonds is 7. The number of nitrogens with zero attached hydrogens (tertiary/aromatic N) is 1. The molecule has 1 aliphatic heterocycles. The van der Waals surface area contributed by atoms with Gasteiger partial charge in [-0.2, -0.15) is 0 Å².